The molecule has 0 N–H and O–H groups in total. The lowest BCUT2D eigenvalue weighted by molar-refractivity contribution is 0.483. The van der Waals surface area contributed by atoms with Gasteiger partial charge in [0, 0.05) is 46.0 Å². The predicted octanol–water partition coefficient (Wildman–Crippen LogP) is 18.1. The van der Waals surface area contributed by atoms with Gasteiger partial charge < -0.3 is 14.5 Å². The fraction of sp³-hybridized carbons (Fsp3) is 0.197. The zero-order chi connectivity index (χ0) is 49.2. The van der Waals surface area contributed by atoms with Crippen LogP contribution in [0.4, 0.5) is 22.7 Å². The minimum Gasteiger partial charge on any atom is -0.457 e. The van der Waals surface area contributed by atoms with E-state index in [1.54, 1.807) is 0 Å². The number of ether oxygens (including phenoxy) is 1. The van der Waals surface area contributed by atoms with E-state index in [1.165, 1.54) is 44.9 Å². The van der Waals surface area contributed by atoms with Crippen molar-refractivity contribution in [3.63, 3.8) is 0 Å². The van der Waals surface area contributed by atoms with Gasteiger partial charge in [-0.05, 0) is 121 Å². The van der Waals surface area contributed by atoms with E-state index in [-0.39, 0.29) is 16.2 Å². The normalized spacial score (nSPS) is 13.0. The van der Waals surface area contributed by atoms with Gasteiger partial charge in [-0.25, -0.2) is 4.98 Å². The summed E-state index contributed by atoms with van der Waals surface area (Å²) < 4.78 is 9.19. The minimum absolute atomic E-state index is 0.0180. The van der Waals surface area contributed by atoms with Gasteiger partial charge in [-0.2, -0.15) is 0 Å². The number of rotatable bonds is 8. The Labute approximate surface area is 419 Å². The van der Waals surface area contributed by atoms with Crippen LogP contribution in [0.2, 0.25) is 0 Å². The molecule has 11 rings (SSSR count). The lowest BCUT2D eigenvalue weighted by Crippen LogP contribution is -2.24. The molecule has 71 heavy (non-hydrogen) atoms. The number of hydrogen-bond donors (Lipinski definition) is 0. The van der Waals surface area contributed by atoms with Gasteiger partial charge in [0.15, 0.2) is 0 Å². The Morgan fingerprint density at radius 1 is 0.394 bits per heavy atom. The number of pyridine rings is 1. The van der Waals surface area contributed by atoms with E-state index in [0.29, 0.717) is 6.67 Å². The van der Waals surface area contributed by atoms with Crippen LogP contribution in [0.5, 0.6) is 11.5 Å². The fourth-order valence-electron chi connectivity index (χ4n) is 10.1. The Morgan fingerprint density at radius 2 is 1.01 bits per heavy atom. The molecule has 1 aliphatic heterocycles. The van der Waals surface area contributed by atoms with Gasteiger partial charge in [-0.15, -0.1) is 0 Å². The van der Waals surface area contributed by atoms with E-state index >= 15 is 0 Å². The smallest absolute Gasteiger partial charge is 0.138 e. The molecule has 1 aliphatic rings. The number of benzene rings is 8. The molecular weight excluding hydrogens is 865 g/mol. The summed E-state index contributed by atoms with van der Waals surface area (Å²) in [6.45, 7) is 21.2. The zero-order valence-electron chi connectivity index (χ0n) is 42.5. The first-order valence-corrected chi connectivity index (χ1v) is 25.0. The van der Waals surface area contributed by atoms with Crippen LogP contribution in [0.15, 0.2) is 200 Å². The summed E-state index contributed by atoms with van der Waals surface area (Å²) in [5.41, 5.74) is 17.5. The van der Waals surface area contributed by atoms with Gasteiger partial charge in [-0.1, -0.05) is 184 Å². The monoisotopic (exact) mass is 926 g/mol. The molecule has 8 aromatic carbocycles. The molecule has 5 heteroatoms. The van der Waals surface area contributed by atoms with Gasteiger partial charge in [0.2, 0.25) is 0 Å². The molecule has 10 aromatic rings. The van der Waals surface area contributed by atoms with Crippen LogP contribution < -0.4 is 14.5 Å². The third-order valence-electron chi connectivity index (χ3n) is 14.2. The van der Waals surface area contributed by atoms with E-state index in [1.807, 2.05) is 0 Å². The first-order chi connectivity index (χ1) is 34.1. The highest BCUT2D eigenvalue weighted by Crippen LogP contribution is 2.48. The molecule has 0 saturated heterocycles. The lowest BCUT2D eigenvalue weighted by Gasteiger charge is -2.26. The molecule has 0 spiro atoms. The predicted molar refractivity (Wildman–Crippen MR) is 300 cm³/mol. The van der Waals surface area contributed by atoms with Crippen LogP contribution in [0.25, 0.3) is 61.0 Å². The molecule has 0 bridgehead atoms. The minimum atomic E-state index is -0.0354. The van der Waals surface area contributed by atoms with Crippen LogP contribution in [-0.2, 0) is 16.2 Å². The standard InChI is InChI=1S/C66H62N4O/c1-64(2,3)48-25-18-24-46(34-48)58-42-67-63(41-57(58)45-22-14-11-15-23-45)70-59-29-17-16-28-55(59)56-32-31-54(40-61(56)70)71-53-27-19-26-51(39-53)68-43-69(60-33-30-49(38-62(60)68)65(4,5)6)52-36-47(44-20-12-10-13-21-44)35-50(37-52)66(7,8)9/h10-42H,43H2,1-9H3. The number of hydrogen-bond acceptors (Lipinski definition) is 4. The number of fused-ring (bicyclic) bond motifs is 4. The second-order valence-electron chi connectivity index (χ2n) is 22.3. The number of anilines is 4. The maximum absolute atomic E-state index is 6.90. The van der Waals surface area contributed by atoms with Gasteiger partial charge >= 0.3 is 0 Å². The molecule has 0 radical (unpaired) electrons. The Kier molecular flexibility index (Phi) is 11.2. The first kappa shape index (κ1) is 45.5. The van der Waals surface area contributed by atoms with Crippen LogP contribution in [0.3, 0.4) is 0 Å². The quantitative estimate of drug-likeness (QED) is 0.152. The zero-order valence-corrected chi connectivity index (χ0v) is 42.5. The molecule has 0 unspecified atom stereocenters. The van der Waals surface area contributed by atoms with Crippen LogP contribution >= 0.6 is 0 Å². The van der Waals surface area contributed by atoms with Crippen LogP contribution in [0.1, 0.15) is 79.0 Å². The van der Waals surface area contributed by atoms with Crippen molar-refractivity contribution in [1.82, 2.24) is 9.55 Å². The summed E-state index contributed by atoms with van der Waals surface area (Å²) in [5, 5.41) is 2.30. The van der Waals surface area contributed by atoms with Crippen molar-refractivity contribution < 1.29 is 4.74 Å². The van der Waals surface area contributed by atoms with Crippen molar-refractivity contribution in [3.05, 3.63) is 217 Å². The summed E-state index contributed by atoms with van der Waals surface area (Å²) in [6, 6.07) is 70.3. The van der Waals surface area contributed by atoms with Crippen LogP contribution in [-0.4, -0.2) is 16.2 Å². The second-order valence-corrected chi connectivity index (χ2v) is 22.3. The number of aromatic nitrogens is 2. The Hall–Kier alpha value is -7.89. The Bertz CT molecular complexity index is 3600. The number of nitrogens with zero attached hydrogens (tertiary/aromatic N) is 4. The lowest BCUT2D eigenvalue weighted by atomic mass is 9.84. The molecule has 2 aromatic heterocycles. The average Bonchev–Trinajstić information content (AvgIpc) is 3.92. The average molecular weight is 927 g/mol. The molecular formula is C66H62N4O. The molecule has 352 valence electrons. The molecule has 3 heterocycles. The van der Waals surface area contributed by atoms with E-state index in [9.17, 15) is 0 Å². The van der Waals surface area contributed by atoms with E-state index in [4.69, 9.17) is 9.72 Å². The maximum atomic E-state index is 6.90. The highest BCUT2D eigenvalue weighted by molar-refractivity contribution is 6.09. The van der Waals surface area contributed by atoms with Crippen molar-refractivity contribution in [3.8, 4) is 50.7 Å². The third kappa shape index (κ3) is 8.75. The van der Waals surface area contributed by atoms with E-state index in [2.05, 4.69) is 277 Å². The summed E-state index contributed by atoms with van der Waals surface area (Å²) in [6.07, 6.45) is 2.05. The van der Waals surface area contributed by atoms with E-state index in [0.717, 1.165) is 67.1 Å². The second kappa shape index (κ2) is 17.5. The van der Waals surface area contributed by atoms with Crippen molar-refractivity contribution in [2.45, 2.75) is 78.6 Å². The topological polar surface area (TPSA) is 33.5 Å². The van der Waals surface area contributed by atoms with Crippen molar-refractivity contribution in [2.75, 3.05) is 16.5 Å². The summed E-state index contributed by atoms with van der Waals surface area (Å²) >= 11 is 0. The van der Waals surface area contributed by atoms with Crippen molar-refractivity contribution in [1.29, 1.82) is 0 Å². The summed E-state index contributed by atoms with van der Waals surface area (Å²) in [7, 11) is 0. The Balaban J connectivity index is 0.981. The molecule has 0 fully saturated rings. The van der Waals surface area contributed by atoms with Gasteiger partial charge in [-0.3, -0.25) is 4.57 Å². The van der Waals surface area contributed by atoms with Crippen LogP contribution in [0, 0.1) is 0 Å². The molecule has 0 amide bonds. The highest BCUT2D eigenvalue weighted by Gasteiger charge is 2.31. The highest BCUT2D eigenvalue weighted by atomic mass is 16.5. The van der Waals surface area contributed by atoms with Crippen molar-refractivity contribution >= 4 is 44.6 Å². The van der Waals surface area contributed by atoms with Crippen molar-refractivity contribution in [2.24, 2.45) is 0 Å². The summed E-state index contributed by atoms with van der Waals surface area (Å²) in [4.78, 5) is 10.2. The summed E-state index contributed by atoms with van der Waals surface area (Å²) in [5.74, 6) is 2.37. The van der Waals surface area contributed by atoms with Gasteiger partial charge in [0.1, 0.15) is 24.0 Å². The maximum Gasteiger partial charge on any atom is 0.138 e. The van der Waals surface area contributed by atoms with E-state index < -0.39 is 0 Å². The van der Waals surface area contributed by atoms with Gasteiger partial charge in [0.05, 0.1) is 22.4 Å². The number of para-hydroxylation sites is 1. The third-order valence-corrected chi connectivity index (χ3v) is 14.2. The fourth-order valence-corrected chi connectivity index (χ4v) is 10.1. The molecule has 0 aliphatic carbocycles. The Morgan fingerprint density at radius 3 is 1.76 bits per heavy atom. The SMILES string of the molecule is CC(C)(C)c1cccc(-c2cnc(-n3c4ccccc4c4ccc(Oc5cccc(N6CN(c7cc(-c8ccccc8)cc(C(C)(C)C)c7)c7ccc(C(C)(C)C)cc76)c5)cc43)cc2-c2ccccc2)c1. The first-order valence-electron chi connectivity index (χ1n) is 25.0. The largest absolute Gasteiger partial charge is 0.457 e. The molecule has 0 saturated carbocycles. The molecule has 0 atom stereocenters. The molecule has 5 nitrogen and oxygen atoms in total. The van der Waals surface area contributed by atoms with Gasteiger partial charge in [0.25, 0.3) is 0 Å².